The van der Waals surface area contributed by atoms with E-state index in [4.69, 9.17) is 11.6 Å². The van der Waals surface area contributed by atoms with Gasteiger partial charge in [0.05, 0.1) is 5.02 Å². The van der Waals surface area contributed by atoms with Gasteiger partial charge in [0.25, 0.3) is 0 Å². The van der Waals surface area contributed by atoms with Crippen molar-refractivity contribution >= 4 is 33.8 Å². The molecule has 0 N–H and O–H groups in total. The minimum atomic E-state index is -0.472. The van der Waals surface area contributed by atoms with E-state index in [1.165, 1.54) is 0 Å². The van der Waals surface area contributed by atoms with Crippen LogP contribution in [0.15, 0.2) is 40.9 Å². The fourth-order valence-corrected chi connectivity index (χ4v) is 1.96. The predicted octanol–water partition coefficient (Wildman–Crippen LogP) is 4.72. The highest BCUT2D eigenvalue weighted by atomic mass is 79.9. The summed E-state index contributed by atoms with van der Waals surface area (Å²) in [5, 5.41) is 0.0574. The van der Waals surface area contributed by atoms with Crippen LogP contribution in [0.3, 0.4) is 0 Å². The van der Waals surface area contributed by atoms with Crippen LogP contribution in [0.2, 0.25) is 5.02 Å². The fourth-order valence-electron chi connectivity index (χ4n) is 1.49. The Bertz CT molecular complexity index is 566. The zero-order valence-electron chi connectivity index (χ0n) is 8.58. The topological polar surface area (TPSA) is 17.1 Å². The molecule has 0 saturated heterocycles. The van der Waals surface area contributed by atoms with E-state index in [0.717, 1.165) is 6.29 Å². The molecule has 0 fully saturated rings. The summed E-state index contributed by atoms with van der Waals surface area (Å²) in [4.78, 5) is 10.5. The van der Waals surface area contributed by atoms with Gasteiger partial charge in [0.1, 0.15) is 6.29 Å². The van der Waals surface area contributed by atoms with Crippen molar-refractivity contribution in [3.05, 3.63) is 57.3 Å². The third-order valence-corrected chi connectivity index (χ3v) is 3.65. The van der Waals surface area contributed by atoms with Gasteiger partial charge in [-0.1, -0.05) is 41.9 Å². The SMILES string of the molecule is O=Cc1ccc(-c2ccc(Br)c(Cl)c2F)cc1. The monoisotopic (exact) mass is 312 g/mol. The number of aldehydes is 1. The Kier molecular flexibility index (Phi) is 3.60. The van der Waals surface area contributed by atoms with Crippen molar-refractivity contribution in [3.63, 3.8) is 0 Å². The van der Waals surface area contributed by atoms with Gasteiger partial charge in [0, 0.05) is 15.6 Å². The van der Waals surface area contributed by atoms with Gasteiger partial charge < -0.3 is 0 Å². The van der Waals surface area contributed by atoms with Crippen molar-refractivity contribution in [2.45, 2.75) is 0 Å². The number of benzene rings is 2. The van der Waals surface area contributed by atoms with Gasteiger partial charge in [0.2, 0.25) is 0 Å². The average Bonchev–Trinajstić information content (AvgIpc) is 2.36. The Labute approximate surface area is 111 Å². The summed E-state index contributed by atoms with van der Waals surface area (Å²) in [6.07, 6.45) is 0.745. The second kappa shape index (κ2) is 4.98. The second-order valence-corrected chi connectivity index (χ2v) is 4.70. The van der Waals surface area contributed by atoms with Crippen LogP contribution in [0.4, 0.5) is 4.39 Å². The van der Waals surface area contributed by atoms with Crippen molar-refractivity contribution in [1.82, 2.24) is 0 Å². The summed E-state index contributed by atoms with van der Waals surface area (Å²) >= 11 is 8.97. The number of rotatable bonds is 2. The van der Waals surface area contributed by atoms with Gasteiger partial charge >= 0.3 is 0 Å². The maximum absolute atomic E-state index is 13.9. The molecule has 1 nitrogen and oxygen atoms in total. The minimum absolute atomic E-state index is 0.0574. The summed E-state index contributed by atoms with van der Waals surface area (Å²) in [6, 6.07) is 9.98. The van der Waals surface area contributed by atoms with E-state index >= 15 is 0 Å². The Hall–Kier alpha value is -1.19. The van der Waals surface area contributed by atoms with E-state index in [2.05, 4.69) is 15.9 Å². The van der Waals surface area contributed by atoms with E-state index in [1.54, 1.807) is 36.4 Å². The molecule has 0 amide bonds. The van der Waals surface area contributed by atoms with Crippen molar-refractivity contribution in [3.8, 4) is 11.1 Å². The second-order valence-electron chi connectivity index (χ2n) is 3.46. The fraction of sp³-hybridized carbons (Fsp3) is 0. The van der Waals surface area contributed by atoms with E-state index in [9.17, 15) is 9.18 Å². The lowest BCUT2D eigenvalue weighted by Gasteiger charge is -2.06. The number of hydrogen-bond donors (Lipinski definition) is 0. The maximum atomic E-state index is 13.9. The first-order chi connectivity index (χ1) is 8.13. The molecule has 0 bridgehead atoms. The highest BCUT2D eigenvalue weighted by molar-refractivity contribution is 9.10. The first kappa shape index (κ1) is 12.3. The number of carbonyl (C=O) groups is 1. The lowest BCUT2D eigenvalue weighted by molar-refractivity contribution is 0.112. The van der Waals surface area contributed by atoms with Crippen LogP contribution in [-0.4, -0.2) is 6.29 Å². The van der Waals surface area contributed by atoms with Gasteiger partial charge in [-0.3, -0.25) is 4.79 Å². The van der Waals surface area contributed by atoms with Gasteiger partial charge in [0.15, 0.2) is 5.82 Å². The lowest BCUT2D eigenvalue weighted by atomic mass is 10.0. The molecular weight excluding hydrogens is 306 g/mol. The number of hydrogen-bond acceptors (Lipinski definition) is 1. The van der Waals surface area contributed by atoms with Crippen LogP contribution in [0, 0.1) is 5.82 Å². The van der Waals surface area contributed by atoms with E-state index < -0.39 is 5.82 Å². The highest BCUT2D eigenvalue weighted by Gasteiger charge is 2.11. The molecule has 0 saturated carbocycles. The molecule has 0 aliphatic carbocycles. The van der Waals surface area contributed by atoms with Crippen LogP contribution in [0.25, 0.3) is 11.1 Å². The Morgan fingerprint density at radius 3 is 2.35 bits per heavy atom. The quantitative estimate of drug-likeness (QED) is 0.579. The predicted molar refractivity (Wildman–Crippen MR) is 69.9 cm³/mol. The van der Waals surface area contributed by atoms with Gasteiger partial charge in [-0.2, -0.15) is 0 Å². The van der Waals surface area contributed by atoms with Gasteiger partial charge in [-0.15, -0.1) is 0 Å². The molecule has 0 spiro atoms. The minimum Gasteiger partial charge on any atom is -0.298 e. The zero-order valence-corrected chi connectivity index (χ0v) is 10.9. The first-order valence-electron chi connectivity index (χ1n) is 4.82. The van der Waals surface area contributed by atoms with E-state index in [1.807, 2.05) is 0 Å². The molecular formula is C13H7BrClFO. The summed E-state index contributed by atoms with van der Waals surface area (Å²) < 4.78 is 14.4. The summed E-state index contributed by atoms with van der Waals surface area (Å²) in [5.41, 5.74) is 1.65. The molecule has 0 heterocycles. The van der Waals surface area contributed by atoms with E-state index in [-0.39, 0.29) is 5.02 Å². The number of halogens is 3. The zero-order chi connectivity index (χ0) is 12.4. The van der Waals surface area contributed by atoms with Gasteiger partial charge in [-0.25, -0.2) is 4.39 Å². The summed E-state index contributed by atoms with van der Waals surface area (Å²) in [6.45, 7) is 0. The Balaban J connectivity index is 2.53. The molecule has 0 atom stereocenters. The molecule has 4 heteroatoms. The van der Waals surface area contributed by atoms with Crippen molar-refractivity contribution in [1.29, 1.82) is 0 Å². The third-order valence-electron chi connectivity index (χ3n) is 2.39. The molecule has 2 rings (SSSR count). The average molecular weight is 314 g/mol. The lowest BCUT2D eigenvalue weighted by Crippen LogP contribution is -1.87. The Morgan fingerprint density at radius 1 is 1.12 bits per heavy atom. The van der Waals surface area contributed by atoms with Crippen molar-refractivity contribution in [2.24, 2.45) is 0 Å². The van der Waals surface area contributed by atoms with Crippen LogP contribution in [0.1, 0.15) is 10.4 Å². The van der Waals surface area contributed by atoms with Crippen LogP contribution in [0.5, 0.6) is 0 Å². The summed E-state index contributed by atoms with van der Waals surface area (Å²) in [5.74, 6) is -0.472. The molecule has 0 aromatic heterocycles. The van der Waals surface area contributed by atoms with Crippen LogP contribution < -0.4 is 0 Å². The van der Waals surface area contributed by atoms with Crippen molar-refractivity contribution in [2.75, 3.05) is 0 Å². The van der Waals surface area contributed by atoms with Crippen molar-refractivity contribution < 1.29 is 9.18 Å². The molecule has 17 heavy (non-hydrogen) atoms. The summed E-state index contributed by atoms with van der Waals surface area (Å²) in [7, 11) is 0. The first-order valence-corrected chi connectivity index (χ1v) is 5.99. The molecule has 2 aromatic rings. The Morgan fingerprint density at radius 2 is 1.76 bits per heavy atom. The number of carbonyl (C=O) groups excluding carboxylic acids is 1. The van der Waals surface area contributed by atoms with E-state index in [0.29, 0.717) is 21.2 Å². The normalized spacial score (nSPS) is 10.3. The van der Waals surface area contributed by atoms with Gasteiger partial charge in [-0.05, 0) is 27.6 Å². The molecule has 2 aromatic carbocycles. The molecule has 0 radical (unpaired) electrons. The van der Waals surface area contributed by atoms with Crippen LogP contribution >= 0.6 is 27.5 Å². The largest absolute Gasteiger partial charge is 0.298 e. The standard InChI is InChI=1S/C13H7BrClFO/c14-11-6-5-10(13(16)12(11)15)9-3-1-8(7-17)2-4-9/h1-7H. The maximum Gasteiger partial charge on any atom is 0.150 e. The molecule has 0 aliphatic rings. The molecule has 0 unspecified atom stereocenters. The third kappa shape index (κ3) is 2.40. The molecule has 86 valence electrons. The molecule has 0 aliphatic heterocycles. The smallest absolute Gasteiger partial charge is 0.150 e. The highest BCUT2D eigenvalue weighted by Crippen LogP contribution is 2.32. The van der Waals surface area contributed by atoms with Crippen LogP contribution in [-0.2, 0) is 0 Å².